The number of aryl methyl sites for hydroxylation is 1. The summed E-state index contributed by atoms with van der Waals surface area (Å²) in [7, 11) is 0. The van der Waals surface area contributed by atoms with E-state index in [-0.39, 0.29) is 5.69 Å². The highest BCUT2D eigenvalue weighted by molar-refractivity contribution is 5.92. The molecule has 3 rings (SSSR count). The van der Waals surface area contributed by atoms with Crippen LogP contribution in [0.4, 0.5) is 11.4 Å². The SMILES string of the molecule is NC(=NCCCCc1ccc([N+](=O)[O-])cc1)Nc1ccc2c(c1)OCCCO2. The molecular formula is C20H24N4O4. The third-order valence-corrected chi connectivity index (χ3v) is 4.32. The summed E-state index contributed by atoms with van der Waals surface area (Å²) >= 11 is 0. The van der Waals surface area contributed by atoms with Crippen LogP contribution in [-0.2, 0) is 6.42 Å². The molecule has 0 spiro atoms. The smallest absolute Gasteiger partial charge is 0.269 e. The van der Waals surface area contributed by atoms with Crippen LogP contribution in [0.2, 0.25) is 0 Å². The van der Waals surface area contributed by atoms with E-state index in [1.54, 1.807) is 12.1 Å². The number of nitro groups is 1. The van der Waals surface area contributed by atoms with Crippen LogP contribution >= 0.6 is 0 Å². The Morgan fingerprint density at radius 3 is 2.61 bits per heavy atom. The van der Waals surface area contributed by atoms with Gasteiger partial charge in [-0.1, -0.05) is 12.1 Å². The maximum atomic E-state index is 10.7. The van der Waals surface area contributed by atoms with Crippen molar-refractivity contribution >= 4 is 17.3 Å². The molecule has 8 heteroatoms. The van der Waals surface area contributed by atoms with Gasteiger partial charge in [0.1, 0.15) is 0 Å². The average molecular weight is 384 g/mol. The number of nitrogens with zero attached hydrogens (tertiary/aromatic N) is 2. The zero-order valence-corrected chi connectivity index (χ0v) is 15.6. The lowest BCUT2D eigenvalue weighted by Crippen LogP contribution is -2.22. The van der Waals surface area contributed by atoms with Gasteiger partial charge in [-0.25, -0.2) is 0 Å². The van der Waals surface area contributed by atoms with Crippen LogP contribution < -0.4 is 20.5 Å². The third kappa shape index (κ3) is 5.60. The van der Waals surface area contributed by atoms with Crippen molar-refractivity contribution < 1.29 is 14.4 Å². The zero-order chi connectivity index (χ0) is 19.8. The molecule has 3 N–H and O–H groups in total. The molecule has 28 heavy (non-hydrogen) atoms. The number of rotatable bonds is 7. The molecule has 2 aromatic rings. The fourth-order valence-electron chi connectivity index (χ4n) is 2.85. The van der Waals surface area contributed by atoms with Gasteiger partial charge >= 0.3 is 0 Å². The van der Waals surface area contributed by atoms with E-state index < -0.39 is 4.92 Å². The molecule has 0 aromatic heterocycles. The second kappa shape index (κ2) is 9.59. The number of unbranched alkanes of at least 4 members (excludes halogenated alkanes) is 1. The van der Waals surface area contributed by atoms with E-state index in [9.17, 15) is 10.1 Å². The van der Waals surface area contributed by atoms with E-state index in [1.165, 1.54) is 12.1 Å². The summed E-state index contributed by atoms with van der Waals surface area (Å²) in [6.07, 6.45) is 3.52. The monoisotopic (exact) mass is 384 g/mol. The van der Waals surface area contributed by atoms with Crippen LogP contribution in [0.5, 0.6) is 11.5 Å². The number of nitro benzene ring substituents is 1. The molecule has 0 radical (unpaired) electrons. The van der Waals surface area contributed by atoms with E-state index in [2.05, 4.69) is 10.3 Å². The first-order valence-electron chi connectivity index (χ1n) is 9.32. The molecule has 0 unspecified atom stereocenters. The predicted molar refractivity (Wildman–Crippen MR) is 108 cm³/mol. The van der Waals surface area contributed by atoms with Gasteiger partial charge in [-0.3, -0.25) is 15.1 Å². The number of benzene rings is 2. The van der Waals surface area contributed by atoms with Gasteiger partial charge in [0.25, 0.3) is 5.69 Å². The fraction of sp³-hybridized carbons (Fsp3) is 0.350. The molecule has 1 aliphatic rings. The van der Waals surface area contributed by atoms with E-state index in [0.717, 1.165) is 42.7 Å². The maximum Gasteiger partial charge on any atom is 0.269 e. The Balaban J connectivity index is 1.42. The number of nitrogens with two attached hydrogens (primary N) is 1. The molecule has 1 aliphatic heterocycles. The molecule has 0 saturated carbocycles. The Bertz CT molecular complexity index is 837. The van der Waals surface area contributed by atoms with Crippen molar-refractivity contribution in [2.24, 2.45) is 10.7 Å². The van der Waals surface area contributed by atoms with Crippen molar-refractivity contribution in [1.29, 1.82) is 0 Å². The molecule has 0 aliphatic carbocycles. The van der Waals surface area contributed by atoms with Gasteiger partial charge in [-0.05, 0) is 37.0 Å². The molecular weight excluding hydrogens is 360 g/mol. The van der Waals surface area contributed by atoms with Crippen molar-refractivity contribution in [1.82, 2.24) is 0 Å². The van der Waals surface area contributed by atoms with Crippen LogP contribution in [0.1, 0.15) is 24.8 Å². The van der Waals surface area contributed by atoms with Crippen LogP contribution in [0.25, 0.3) is 0 Å². The lowest BCUT2D eigenvalue weighted by atomic mass is 10.1. The van der Waals surface area contributed by atoms with E-state index in [0.29, 0.717) is 31.5 Å². The molecule has 1 heterocycles. The molecule has 0 bridgehead atoms. The van der Waals surface area contributed by atoms with Gasteiger partial charge in [0, 0.05) is 36.9 Å². The van der Waals surface area contributed by atoms with Crippen LogP contribution in [-0.4, -0.2) is 30.6 Å². The first-order chi connectivity index (χ1) is 13.6. The normalized spacial score (nSPS) is 13.6. The highest BCUT2D eigenvalue weighted by Gasteiger charge is 2.10. The van der Waals surface area contributed by atoms with Gasteiger partial charge in [-0.2, -0.15) is 0 Å². The average Bonchev–Trinajstić information content (AvgIpc) is 2.93. The Morgan fingerprint density at radius 1 is 1.11 bits per heavy atom. The molecule has 0 saturated heterocycles. The first-order valence-corrected chi connectivity index (χ1v) is 9.32. The lowest BCUT2D eigenvalue weighted by Gasteiger charge is -2.10. The van der Waals surface area contributed by atoms with Gasteiger partial charge in [-0.15, -0.1) is 0 Å². The molecule has 0 amide bonds. The fourth-order valence-corrected chi connectivity index (χ4v) is 2.85. The van der Waals surface area contributed by atoms with Crippen LogP contribution in [0, 0.1) is 10.1 Å². The minimum atomic E-state index is -0.391. The van der Waals surface area contributed by atoms with Crippen molar-refractivity contribution in [3.05, 3.63) is 58.1 Å². The van der Waals surface area contributed by atoms with Crippen LogP contribution in [0.15, 0.2) is 47.5 Å². The number of hydrogen-bond acceptors (Lipinski definition) is 5. The van der Waals surface area contributed by atoms with Crippen molar-refractivity contribution in [3.8, 4) is 11.5 Å². The lowest BCUT2D eigenvalue weighted by molar-refractivity contribution is -0.384. The number of ether oxygens (including phenoxy) is 2. The molecule has 148 valence electrons. The highest BCUT2D eigenvalue weighted by Crippen LogP contribution is 2.32. The van der Waals surface area contributed by atoms with E-state index >= 15 is 0 Å². The minimum absolute atomic E-state index is 0.113. The summed E-state index contributed by atoms with van der Waals surface area (Å²) in [4.78, 5) is 14.6. The second-order valence-corrected chi connectivity index (χ2v) is 6.48. The van der Waals surface area contributed by atoms with Gasteiger partial charge < -0.3 is 20.5 Å². The number of non-ortho nitro benzene ring substituents is 1. The molecule has 0 fully saturated rings. The van der Waals surface area contributed by atoms with Gasteiger partial charge in [0.2, 0.25) is 0 Å². The predicted octanol–water partition coefficient (Wildman–Crippen LogP) is 3.51. The standard InChI is InChI=1S/C20H24N4O4/c21-20(23-16-7-10-18-19(14-16)28-13-3-12-27-18)22-11-2-1-4-15-5-8-17(9-6-15)24(25)26/h5-10,14H,1-4,11-13H2,(H3,21,22,23). The summed E-state index contributed by atoms with van der Waals surface area (Å²) in [6, 6.07) is 12.3. The summed E-state index contributed by atoms with van der Waals surface area (Å²) < 4.78 is 11.3. The van der Waals surface area contributed by atoms with E-state index in [1.807, 2.05) is 18.2 Å². The topological polar surface area (TPSA) is 112 Å². The van der Waals surface area contributed by atoms with Crippen molar-refractivity contribution in [2.45, 2.75) is 25.7 Å². The number of nitrogens with one attached hydrogen (secondary N) is 1. The van der Waals surface area contributed by atoms with Gasteiger partial charge in [0.15, 0.2) is 17.5 Å². The summed E-state index contributed by atoms with van der Waals surface area (Å²) in [6.45, 7) is 1.90. The highest BCUT2D eigenvalue weighted by atomic mass is 16.6. The first kappa shape index (κ1) is 19.5. The maximum absolute atomic E-state index is 10.7. The van der Waals surface area contributed by atoms with Crippen molar-refractivity contribution in [2.75, 3.05) is 25.1 Å². The second-order valence-electron chi connectivity index (χ2n) is 6.48. The Morgan fingerprint density at radius 2 is 1.86 bits per heavy atom. The van der Waals surface area contributed by atoms with E-state index in [4.69, 9.17) is 15.2 Å². The quantitative estimate of drug-likeness (QED) is 0.248. The zero-order valence-electron chi connectivity index (χ0n) is 15.6. The Labute approximate surface area is 163 Å². The molecule has 2 aromatic carbocycles. The van der Waals surface area contributed by atoms with Crippen molar-refractivity contribution in [3.63, 3.8) is 0 Å². The Hall–Kier alpha value is -3.29. The van der Waals surface area contributed by atoms with Crippen LogP contribution in [0.3, 0.4) is 0 Å². The number of guanidine groups is 1. The minimum Gasteiger partial charge on any atom is -0.490 e. The number of fused-ring (bicyclic) bond motifs is 1. The number of hydrogen-bond donors (Lipinski definition) is 2. The summed E-state index contributed by atoms with van der Waals surface area (Å²) in [5.74, 6) is 1.80. The Kier molecular flexibility index (Phi) is 6.67. The number of anilines is 1. The molecule has 8 nitrogen and oxygen atoms in total. The summed E-state index contributed by atoms with van der Waals surface area (Å²) in [5.41, 5.74) is 7.95. The third-order valence-electron chi connectivity index (χ3n) is 4.32. The largest absolute Gasteiger partial charge is 0.490 e. The van der Waals surface area contributed by atoms with Gasteiger partial charge in [0.05, 0.1) is 18.1 Å². The summed E-state index contributed by atoms with van der Waals surface area (Å²) in [5, 5.41) is 13.7. The number of aliphatic imine (C=N–C) groups is 1. The molecule has 0 atom stereocenters.